The SMILES string of the molecule is OCc1ccccc1-c1cc(C(F)(F)F)c(NC2C[C@@H]3CN(CC4CCOCC4)C[C@@H]3C2)nn1. The number of alkyl halides is 3. The van der Waals surface area contributed by atoms with Gasteiger partial charge in [-0.1, -0.05) is 24.3 Å². The number of ether oxygens (including phenoxy) is 1. The van der Waals surface area contributed by atoms with Gasteiger partial charge in [0.05, 0.1) is 12.3 Å². The molecule has 0 spiro atoms. The molecule has 0 bridgehead atoms. The van der Waals surface area contributed by atoms with Crippen LogP contribution in [0.4, 0.5) is 19.0 Å². The Hall–Kier alpha value is -2.23. The molecule has 34 heavy (non-hydrogen) atoms. The third-order valence-electron chi connectivity index (χ3n) is 7.59. The van der Waals surface area contributed by atoms with Gasteiger partial charge >= 0.3 is 6.18 Å². The van der Waals surface area contributed by atoms with Crippen LogP contribution in [0.2, 0.25) is 0 Å². The summed E-state index contributed by atoms with van der Waals surface area (Å²) in [6, 6.07) is 7.75. The van der Waals surface area contributed by atoms with Crippen LogP contribution in [-0.2, 0) is 17.5 Å². The van der Waals surface area contributed by atoms with Crippen LogP contribution < -0.4 is 5.32 Å². The van der Waals surface area contributed by atoms with Crippen LogP contribution in [0, 0.1) is 17.8 Å². The highest BCUT2D eigenvalue weighted by atomic mass is 19.4. The molecule has 1 aromatic carbocycles. The number of aliphatic hydroxyl groups is 1. The van der Waals surface area contributed by atoms with Gasteiger partial charge in [0.15, 0.2) is 5.82 Å². The summed E-state index contributed by atoms with van der Waals surface area (Å²) in [6.45, 7) is 4.57. The lowest BCUT2D eigenvalue weighted by molar-refractivity contribution is -0.137. The quantitative estimate of drug-likeness (QED) is 0.651. The lowest BCUT2D eigenvalue weighted by atomic mass is 10.00. The molecule has 0 radical (unpaired) electrons. The van der Waals surface area contributed by atoms with Crippen molar-refractivity contribution in [3.8, 4) is 11.3 Å². The second-order valence-electron chi connectivity index (χ2n) is 9.91. The van der Waals surface area contributed by atoms with Crippen molar-refractivity contribution in [3.63, 3.8) is 0 Å². The zero-order valence-corrected chi connectivity index (χ0v) is 19.1. The Bertz CT molecular complexity index is 982. The number of halogens is 3. The number of nitrogens with one attached hydrogen (secondary N) is 1. The van der Waals surface area contributed by atoms with Gasteiger partial charge in [0, 0.05) is 44.5 Å². The van der Waals surface area contributed by atoms with Crippen LogP contribution in [0.3, 0.4) is 0 Å². The number of hydrogen-bond donors (Lipinski definition) is 2. The van der Waals surface area contributed by atoms with E-state index in [2.05, 4.69) is 20.4 Å². The Morgan fingerprint density at radius 3 is 2.44 bits per heavy atom. The first-order chi connectivity index (χ1) is 16.4. The fraction of sp³-hybridized carbons (Fsp3) is 0.600. The third kappa shape index (κ3) is 5.06. The van der Waals surface area contributed by atoms with Crippen LogP contribution in [0.25, 0.3) is 11.3 Å². The molecule has 2 aliphatic heterocycles. The predicted octanol–water partition coefficient (Wildman–Crippen LogP) is 4.20. The van der Waals surface area contributed by atoms with Gasteiger partial charge in [-0.2, -0.15) is 13.2 Å². The minimum absolute atomic E-state index is 0.0359. The molecule has 184 valence electrons. The van der Waals surface area contributed by atoms with Crippen LogP contribution >= 0.6 is 0 Å². The van der Waals surface area contributed by atoms with Crippen molar-refractivity contribution in [3.05, 3.63) is 41.5 Å². The lowest BCUT2D eigenvalue weighted by Gasteiger charge is -2.28. The second kappa shape index (κ2) is 9.79. The number of nitrogens with zero attached hydrogens (tertiary/aromatic N) is 3. The number of aromatic nitrogens is 2. The number of fused-ring (bicyclic) bond motifs is 1. The van der Waals surface area contributed by atoms with Crippen molar-refractivity contribution in [1.29, 1.82) is 0 Å². The summed E-state index contributed by atoms with van der Waals surface area (Å²) in [7, 11) is 0. The molecule has 2 aromatic rings. The molecule has 2 saturated heterocycles. The number of hydrogen-bond acceptors (Lipinski definition) is 6. The molecule has 3 aliphatic rings. The van der Waals surface area contributed by atoms with E-state index in [1.807, 2.05) is 0 Å². The van der Waals surface area contributed by atoms with E-state index in [0.29, 0.717) is 28.9 Å². The molecular weight excluding hydrogens is 445 g/mol. The number of benzene rings is 1. The summed E-state index contributed by atoms with van der Waals surface area (Å²) >= 11 is 0. The molecule has 1 aliphatic carbocycles. The van der Waals surface area contributed by atoms with Crippen LogP contribution in [0.15, 0.2) is 30.3 Å². The van der Waals surface area contributed by atoms with Gasteiger partial charge in [0.1, 0.15) is 5.56 Å². The van der Waals surface area contributed by atoms with E-state index in [1.165, 1.54) is 0 Å². The Kier molecular flexibility index (Phi) is 6.77. The van der Waals surface area contributed by atoms with Crippen molar-refractivity contribution in [1.82, 2.24) is 15.1 Å². The van der Waals surface area contributed by atoms with E-state index < -0.39 is 11.7 Å². The standard InChI is InChI=1S/C25H31F3N4O2/c26-25(27,28)22-11-23(21-4-2-1-3-17(21)15-33)30-31-24(22)29-20-9-18-13-32(14-19(18)10-20)12-16-5-7-34-8-6-16/h1-4,11,16,18-20,33H,5-10,12-15H2,(H,29,31)/t18-,19+,20?. The highest BCUT2D eigenvalue weighted by Gasteiger charge is 2.43. The van der Waals surface area contributed by atoms with Gasteiger partial charge in [0.2, 0.25) is 0 Å². The zero-order valence-electron chi connectivity index (χ0n) is 19.1. The van der Waals surface area contributed by atoms with E-state index in [1.54, 1.807) is 24.3 Å². The lowest BCUT2D eigenvalue weighted by Crippen LogP contribution is -2.32. The highest BCUT2D eigenvalue weighted by molar-refractivity contribution is 5.66. The Morgan fingerprint density at radius 2 is 1.76 bits per heavy atom. The van der Waals surface area contributed by atoms with Crippen LogP contribution in [-0.4, -0.2) is 59.1 Å². The fourth-order valence-corrected chi connectivity index (χ4v) is 5.91. The number of likely N-dealkylation sites (tertiary alicyclic amines) is 1. The molecule has 2 N–H and O–H groups in total. The Labute approximate surface area is 197 Å². The molecule has 3 atom stereocenters. The first kappa shape index (κ1) is 23.5. The fourth-order valence-electron chi connectivity index (χ4n) is 5.91. The summed E-state index contributed by atoms with van der Waals surface area (Å²) in [5.74, 6) is 1.51. The monoisotopic (exact) mass is 476 g/mol. The minimum Gasteiger partial charge on any atom is -0.392 e. The van der Waals surface area contributed by atoms with Gasteiger partial charge < -0.3 is 20.1 Å². The molecular formula is C25H31F3N4O2. The summed E-state index contributed by atoms with van der Waals surface area (Å²) in [4.78, 5) is 2.54. The van der Waals surface area contributed by atoms with Crippen molar-refractivity contribution < 1.29 is 23.0 Å². The predicted molar refractivity (Wildman–Crippen MR) is 122 cm³/mol. The molecule has 3 fully saturated rings. The maximum absolute atomic E-state index is 13.9. The Balaban J connectivity index is 1.26. The summed E-state index contributed by atoms with van der Waals surface area (Å²) in [5, 5.41) is 20.7. The van der Waals surface area contributed by atoms with Gasteiger partial charge in [-0.25, -0.2) is 0 Å². The van der Waals surface area contributed by atoms with Crippen LogP contribution in [0.1, 0.15) is 36.8 Å². The summed E-state index contributed by atoms with van der Waals surface area (Å²) in [6.07, 6.45) is -0.621. The van der Waals surface area contributed by atoms with Gasteiger partial charge in [-0.15, -0.1) is 10.2 Å². The molecule has 6 nitrogen and oxygen atoms in total. The number of aliphatic hydroxyl groups excluding tert-OH is 1. The van der Waals surface area contributed by atoms with E-state index in [0.717, 1.165) is 64.6 Å². The second-order valence-corrected chi connectivity index (χ2v) is 9.91. The van der Waals surface area contributed by atoms with Crippen molar-refractivity contribution in [2.45, 2.75) is 44.5 Å². The minimum atomic E-state index is -4.56. The molecule has 3 heterocycles. The maximum atomic E-state index is 13.9. The number of anilines is 1. The topological polar surface area (TPSA) is 70.5 Å². The first-order valence-electron chi connectivity index (χ1n) is 12.1. The highest BCUT2D eigenvalue weighted by Crippen LogP contribution is 2.42. The van der Waals surface area contributed by atoms with Crippen molar-refractivity contribution in [2.75, 3.05) is 38.2 Å². The number of rotatable bonds is 6. The molecule has 1 aromatic heterocycles. The smallest absolute Gasteiger partial charge is 0.392 e. The largest absolute Gasteiger partial charge is 0.420 e. The van der Waals surface area contributed by atoms with E-state index in [-0.39, 0.29) is 24.2 Å². The maximum Gasteiger partial charge on any atom is 0.420 e. The average Bonchev–Trinajstić information content (AvgIpc) is 3.37. The van der Waals surface area contributed by atoms with Crippen LogP contribution in [0.5, 0.6) is 0 Å². The zero-order chi connectivity index (χ0) is 23.7. The van der Waals surface area contributed by atoms with Crippen molar-refractivity contribution >= 4 is 5.82 Å². The molecule has 5 rings (SSSR count). The van der Waals surface area contributed by atoms with E-state index >= 15 is 0 Å². The summed E-state index contributed by atoms with van der Waals surface area (Å²) < 4.78 is 47.3. The van der Waals surface area contributed by atoms with E-state index in [9.17, 15) is 18.3 Å². The molecule has 1 unspecified atom stereocenters. The Morgan fingerprint density at radius 1 is 1.06 bits per heavy atom. The third-order valence-corrected chi connectivity index (χ3v) is 7.59. The average molecular weight is 477 g/mol. The van der Waals surface area contributed by atoms with Gasteiger partial charge in [0.25, 0.3) is 0 Å². The van der Waals surface area contributed by atoms with Gasteiger partial charge in [-0.05, 0) is 55.1 Å². The molecule has 0 amide bonds. The summed E-state index contributed by atoms with van der Waals surface area (Å²) in [5.41, 5.74) is 0.257. The normalized spacial score (nSPS) is 26.1. The molecule has 9 heteroatoms. The van der Waals surface area contributed by atoms with E-state index in [4.69, 9.17) is 4.74 Å². The first-order valence-corrected chi connectivity index (χ1v) is 12.1. The molecule has 1 saturated carbocycles. The van der Waals surface area contributed by atoms with Gasteiger partial charge in [-0.3, -0.25) is 0 Å². The van der Waals surface area contributed by atoms with Crippen molar-refractivity contribution in [2.24, 2.45) is 17.8 Å².